The van der Waals surface area contributed by atoms with Gasteiger partial charge in [-0.05, 0) is 76.5 Å². The lowest BCUT2D eigenvalue weighted by atomic mass is 9.84. The van der Waals surface area contributed by atoms with E-state index in [4.69, 9.17) is 0 Å². The Morgan fingerprint density at radius 1 is 0.277 bits per heavy atom. The van der Waals surface area contributed by atoms with Crippen molar-refractivity contribution < 1.29 is 0 Å². The molecular weight excluding hydrogens is 581 g/mol. The standard InChI is InChI=1S/C46H32Si/c1-2-16-35(17-3-1)47-36-28-29-43-44(30-36)45(34-26-24-33(25-27-34)38-22-10-14-31-12-4-6-18-37(31)38)41-20-8-9-21-42(41)46(43)40-23-11-15-32-13-5-7-19-39(32)40/h1-30H,47H2. The summed E-state index contributed by atoms with van der Waals surface area (Å²) in [5.74, 6) is 0. The molecule has 0 aliphatic rings. The summed E-state index contributed by atoms with van der Waals surface area (Å²) in [5.41, 5.74) is 7.67. The molecular formula is C46H32Si. The molecule has 0 bridgehead atoms. The maximum absolute atomic E-state index is 2.50. The average molecular weight is 613 g/mol. The van der Waals surface area contributed by atoms with Crippen LogP contribution in [0.1, 0.15) is 0 Å². The van der Waals surface area contributed by atoms with E-state index in [1.807, 2.05) is 0 Å². The summed E-state index contributed by atoms with van der Waals surface area (Å²) in [6.07, 6.45) is 0. The number of hydrogen-bond donors (Lipinski definition) is 0. The summed E-state index contributed by atoms with van der Waals surface area (Å²) in [6, 6.07) is 67.3. The molecule has 0 N–H and O–H groups in total. The second-order valence-electron chi connectivity index (χ2n) is 12.5. The molecule has 220 valence electrons. The van der Waals surface area contributed by atoms with E-state index < -0.39 is 9.52 Å². The maximum Gasteiger partial charge on any atom is 0.0875 e. The van der Waals surface area contributed by atoms with Crippen molar-refractivity contribution in [2.24, 2.45) is 0 Å². The molecule has 9 aromatic rings. The Morgan fingerprint density at radius 2 is 0.787 bits per heavy atom. The van der Waals surface area contributed by atoms with Crippen LogP contribution in [0.4, 0.5) is 0 Å². The minimum absolute atomic E-state index is 0.640. The molecule has 0 aliphatic carbocycles. The van der Waals surface area contributed by atoms with Gasteiger partial charge in [-0.15, -0.1) is 0 Å². The second-order valence-corrected chi connectivity index (χ2v) is 14.5. The van der Waals surface area contributed by atoms with Gasteiger partial charge in [-0.25, -0.2) is 0 Å². The third-order valence-corrected chi connectivity index (χ3v) is 11.4. The van der Waals surface area contributed by atoms with Gasteiger partial charge in [-0.1, -0.05) is 192 Å². The molecule has 0 unspecified atom stereocenters. The van der Waals surface area contributed by atoms with Gasteiger partial charge in [0.15, 0.2) is 0 Å². The first-order chi connectivity index (χ1) is 23.3. The molecule has 9 rings (SSSR count). The Kier molecular flexibility index (Phi) is 6.77. The van der Waals surface area contributed by atoms with E-state index in [-0.39, 0.29) is 0 Å². The fourth-order valence-corrected chi connectivity index (χ4v) is 9.03. The van der Waals surface area contributed by atoms with Crippen molar-refractivity contribution in [3.8, 4) is 33.4 Å². The van der Waals surface area contributed by atoms with Gasteiger partial charge in [0.2, 0.25) is 0 Å². The molecule has 0 heterocycles. The molecule has 0 fully saturated rings. The minimum Gasteiger partial charge on any atom is -0.0633 e. The summed E-state index contributed by atoms with van der Waals surface area (Å²) in [4.78, 5) is 0. The van der Waals surface area contributed by atoms with E-state index in [2.05, 4.69) is 182 Å². The highest BCUT2D eigenvalue weighted by Gasteiger charge is 2.19. The molecule has 0 aromatic heterocycles. The van der Waals surface area contributed by atoms with Gasteiger partial charge in [0.25, 0.3) is 0 Å². The van der Waals surface area contributed by atoms with Gasteiger partial charge in [-0.2, -0.15) is 0 Å². The smallest absolute Gasteiger partial charge is 0.0633 e. The molecule has 0 radical (unpaired) electrons. The van der Waals surface area contributed by atoms with Gasteiger partial charge < -0.3 is 0 Å². The van der Waals surface area contributed by atoms with Gasteiger partial charge >= 0.3 is 0 Å². The Labute approximate surface area is 277 Å². The highest BCUT2D eigenvalue weighted by atomic mass is 28.2. The fourth-order valence-electron chi connectivity index (χ4n) is 7.51. The van der Waals surface area contributed by atoms with Crippen molar-refractivity contribution >= 4 is 63.0 Å². The predicted molar refractivity (Wildman–Crippen MR) is 207 cm³/mol. The van der Waals surface area contributed by atoms with Crippen LogP contribution in [-0.4, -0.2) is 9.52 Å². The number of benzene rings is 9. The van der Waals surface area contributed by atoms with Gasteiger partial charge in [0.05, 0.1) is 9.52 Å². The summed E-state index contributed by atoms with van der Waals surface area (Å²) in [5, 5.41) is 13.2. The quantitative estimate of drug-likeness (QED) is 0.134. The molecule has 0 nitrogen and oxygen atoms in total. The highest BCUT2D eigenvalue weighted by Crippen LogP contribution is 2.45. The van der Waals surface area contributed by atoms with E-state index in [0.29, 0.717) is 0 Å². The molecule has 0 atom stereocenters. The number of rotatable bonds is 5. The molecule has 0 spiro atoms. The molecule has 0 saturated heterocycles. The van der Waals surface area contributed by atoms with Crippen LogP contribution in [0, 0.1) is 0 Å². The van der Waals surface area contributed by atoms with Crippen LogP contribution in [0.5, 0.6) is 0 Å². The zero-order valence-corrected chi connectivity index (χ0v) is 27.4. The van der Waals surface area contributed by atoms with Crippen LogP contribution in [0.3, 0.4) is 0 Å². The van der Waals surface area contributed by atoms with Crippen molar-refractivity contribution in [3.63, 3.8) is 0 Å². The van der Waals surface area contributed by atoms with E-state index in [1.54, 1.807) is 0 Å². The van der Waals surface area contributed by atoms with Crippen molar-refractivity contribution in [2.75, 3.05) is 0 Å². The first kappa shape index (κ1) is 27.5. The van der Waals surface area contributed by atoms with Crippen LogP contribution in [-0.2, 0) is 0 Å². The molecule has 0 saturated carbocycles. The SMILES string of the molecule is c1ccc([SiH2]c2ccc3c(-c4cccc5ccccc45)c4ccccc4c(-c4ccc(-c5cccc6ccccc56)cc4)c3c2)cc1. The monoisotopic (exact) mass is 612 g/mol. The zero-order chi connectivity index (χ0) is 31.2. The van der Waals surface area contributed by atoms with Gasteiger partial charge in [0, 0.05) is 0 Å². The summed E-state index contributed by atoms with van der Waals surface area (Å²) < 4.78 is 0. The molecule has 1 heteroatoms. The molecule has 9 aromatic carbocycles. The van der Waals surface area contributed by atoms with E-state index in [9.17, 15) is 0 Å². The maximum atomic E-state index is 2.50. The van der Waals surface area contributed by atoms with Crippen LogP contribution < -0.4 is 10.4 Å². The fraction of sp³-hybridized carbons (Fsp3) is 0. The lowest BCUT2D eigenvalue weighted by Crippen LogP contribution is -2.26. The first-order valence-corrected chi connectivity index (χ1v) is 17.8. The van der Waals surface area contributed by atoms with E-state index in [0.717, 1.165) is 0 Å². The Bertz CT molecular complexity index is 2570. The van der Waals surface area contributed by atoms with Crippen LogP contribution in [0.25, 0.3) is 76.5 Å². The molecule has 0 aliphatic heterocycles. The van der Waals surface area contributed by atoms with Crippen molar-refractivity contribution in [2.45, 2.75) is 0 Å². The van der Waals surface area contributed by atoms with Crippen LogP contribution in [0.2, 0.25) is 0 Å². The largest absolute Gasteiger partial charge is 0.0875 e. The van der Waals surface area contributed by atoms with Crippen LogP contribution in [0.15, 0.2) is 182 Å². The van der Waals surface area contributed by atoms with Crippen molar-refractivity contribution in [1.82, 2.24) is 0 Å². The third-order valence-electron chi connectivity index (χ3n) is 9.67. The highest BCUT2D eigenvalue weighted by molar-refractivity contribution is 6.67. The first-order valence-electron chi connectivity index (χ1n) is 16.4. The normalized spacial score (nSPS) is 11.7. The zero-order valence-electron chi connectivity index (χ0n) is 26.0. The summed E-state index contributed by atoms with van der Waals surface area (Å²) >= 11 is 0. The summed E-state index contributed by atoms with van der Waals surface area (Å²) in [6.45, 7) is 0. The number of hydrogen-bond acceptors (Lipinski definition) is 0. The van der Waals surface area contributed by atoms with Crippen molar-refractivity contribution in [3.05, 3.63) is 182 Å². The average Bonchev–Trinajstić information content (AvgIpc) is 3.14. The number of fused-ring (bicyclic) bond motifs is 4. The topological polar surface area (TPSA) is 0 Å². The minimum atomic E-state index is -0.640. The molecule has 0 amide bonds. The summed E-state index contributed by atoms with van der Waals surface area (Å²) in [7, 11) is -0.640. The van der Waals surface area contributed by atoms with E-state index >= 15 is 0 Å². The lowest BCUT2D eigenvalue weighted by Gasteiger charge is -2.20. The third kappa shape index (κ3) is 4.84. The Morgan fingerprint density at radius 3 is 1.49 bits per heavy atom. The van der Waals surface area contributed by atoms with E-state index in [1.165, 1.54) is 86.8 Å². The van der Waals surface area contributed by atoms with Gasteiger partial charge in [-0.3, -0.25) is 0 Å². The Balaban J connectivity index is 1.31. The Hall–Kier alpha value is -5.76. The molecule has 47 heavy (non-hydrogen) atoms. The predicted octanol–water partition coefficient (Wildman–Crippen LogP) is 10.4. The van der Waals surface area contributed by atoms with Crippen molar-refractivity contribution in [1.29, 1.82) is 0 Å². The van der Waals surface area contributed by atoms with Crippen LogP contribution >= 0.6 is 0 Å². The second kappa shape index (κ2) is 11.5. The lowest BCUT2D eigenvalue weighted by molar-refractivity contribution is 1.64. The van der Waals surface area contributed by atoms with Gasteiger partial charge in [0.1, 0.15) is 0 Å².